The van der Waals surface area contributed by atoms with Crippen molar-refractivity contribution in [2.24, 2.45) is 0 Å². The number of phenolic OH excluding ortho intramolecular Hbond substituents is 3. The SMILES string of the molecule is C/C=C/C=C/c1cc2c(CN(C)C)c3c(c(O)c2cn1)[C@]1(C=c2c(O)c4ccc(N5CCOCC5)cc4c(O)c2=C1)CC3. The monoisotopic (exact) mass is 575 g/mol. The van der Waals surface area contributed by atoms with E-state index in [1.807, 2.05) is 55.5 Å². The van der Waals surface area contributed by atoms with Crippen LogP contribution in [0.3, 0.4) is 0 Å². The van der Waals surface area contributed by atoms with E-state index in [1.165, 1.54) is 5.56 Å². The highest BCUT2D eigenvalue weighted by atomic mass is 16.5. The Morgan fingerprint density at radius 1 is 0.930 bits per heavy atom. The predicted octanol–water partition coefficient (Wildman–Crippen LogP) is 4.45. The number of ether oxygens (including phenoxy) is 1. The Balaban J connectivity index is 1.43. The molecule has 0 bridgehead atoms. The second kappa shape index (κ2) is 10.4. The van der Waals surface area contributed by atoms with Crippen molar-refractivity contribution in [3.05, 3.63) is 81.5 Å². The molecule has 4 aromatic rings. The smallest absolute Gasteiger partial charge is 0.131 e. The molecule has 220 valence electrons. The molecule has 2 heterocycles. The largest absolute Gasteiger partial charge is 0.507 e. The van der Waals surface area contributed by atoms with Gasteiger partial charge in [0, 0.05) is 69.1 Å². The van der Waals surface area contributed by atoms with Gasteiger partial charge in [0.15, 0.2) is 0 Å². The van der Waals surface area contributed by atoms with Crippen molar-refractivity contribution < 1.29 is 20.1 Å². The summed E-state index contributed by atoms with van der Waals surface area (Å²) in [5, 5.41) is 39.3. The molecule has 7 heteroatoms. The molecule has 1 spiro atoms. The normalized spacial score (nSPS) is 19.7. The molecule has 1 atom stereocenters. The minimum absolute atomic E-state index is 0.158. The highest BCUT2D eigenvalue weighted by molar-refractivity contribution is 5.99. The number of allylic oxidation sites excluding steroid dienone is 3. The molecule has 0 radical (unpaired) electrons. The summed E-state index contributed by atoms with van der Waals surface area (Å²) in [6, 6.07) is 7.92. The Morgan fingerprint density at radius 3 is 2.40 bits per heavy atom. The van der Waals surface area contributed by atoms with E-state index in [2.05, 4.69) is 41.0 Å². The molecule has 0 saturated carbocycles. The number of phenols is 3. The summed E-state index contributed by atoms with van der Waals surface area (Å²) >= 11 is 0. The summed E-state index contributed by atoms with van der Waals surface area (Å²) < 4.78 is 5.51. The van der Waals surface area contributed by atoms with E-state index in [4.69, 9.17) is 4.74 Å². The first-order chi connectivity index (χ1) is 20.8. The average Bonchev–Trinajstić information content (AvgIpc) is 3.59. The summed E-state index contributed by atoms with van der Waals surface area (Å²) in [5.41, 5.74) is 4.34. The molecule has 7 nitrogen and oxygen atoms in total. The lowest BCUT2D eigenvalue weighted by Gasteiger charge is -2.29. The first kappa shape index (κ1) is 27.5. The third-order valence-corrected chi connectivity index (χ3v) is 9.20. The third-order valence-electron chi connectivity index (χ3n) is 9.20. The zero-order valence-corrected chi connectivity index (χ0v) is 24.9. The molecule has 1 fully saturated rings. The molecule has 0 unspecified atom stereocenters. The van der Waals surface area contributed by atoms with E-state index >= 15 is 0 Å². The summed E-state index contributed by atoms with van der Waals surface area (Å²) in [6.07, 6.45) is 15.3. The number of nitrogens with zero attached hydrogens (tertiary/aromatic N) is 3. The van der Waals surface area contributed by atoms with Gasteiger partial charge in [-0.1, -0.05) is 30.4 Å². The number of rotatable bonds is 5. The first-order valence-corrected chi connectivity index (χ1v) is 15.0. The van der Waals surface area contributed by atoms with E-state index in [-0.39, 0.29) is 17.2 Å². The van der Waals surface area contributed by atoms with Crippen LogP contribution in [0.25, 0.3) is 39.8 Å². The van der Waals surface area contributed by atoms with Gasteiger partial charge in [0.1, 0.15) is 17.2 Å². The second-order valence-corrected chi connectivity index (χ2v) is 12.1. The topological polar surface area (TPSA) is 89.3 Å². The van der Waals surface area contributed by atoms with Crippen LogP contribution >= 0.6 is 0 Å². The minimum Gasteiger partial charge on any atom is -0.507 e. The van der Waals surface area contributed by atoms with Crippen molar-refractivity contribution >= 4 is 45.5 Å². The Morgan fingerprint density at radius 2 is 1.67 bits per heavy atom. The number of aromatic nitrogens is 1. The van der Waals surface area contributed by atoms with Crippen LogP contribution in [0, 0.1) is 0 Å². The van der Waals surface area contributed by atoms with E-state index in [0.29, 0.717) is 39.8 Å². The van der Waals surface area contributed by atoms with E-state index < -0.39 is 5.41 Å². The highest BCUT2D eigenvalue weighted by Crippen LogP contribution is 2.52. The van der Waals surface area contributed by atoms with Gasteiger partial charge in [-0.3, -0.25) is 4.98 Å². The Labute approximate surface area is 251 Å². The lowest BCUT2D eigenvalue weighted by molar-refractivity contribution is 0.122. The van der Waals surface area contributed by atoms with Crippen molar-refractivity contribution in [1.82, 2.24) is 9.88 Å². The molecule has 3 aromatic carbocycles. The number of fused-ring (bicyclic) bond motifs is 5. The zero-order chi connectivity index (χ0) is 29.9. The van der Waals surface area contributed by atoms with Gasteiger partial charge < -0.3 is 29.9 Å². The molecular weight excluding hydrogens is 538 g/mol. The van der Waals surface area contributed by atoms with Gasteiger partial charge in [0.2, 0.25) is 0 Å². The van der Waals surface area contributed by atoms with Crippen LogP contribution in [-0.2, 0) is 23.1 Å². The number of pyridine rings is 1. The van der Waals surface area contributed by atoms with Gasteiger partial charge >= 0.3 is 0 Å². The van der Waals surface area contributed by atoms with Gasteiger partial charge in [0.25, 0.3) is 0 Å². The average molecular weight is 576 g/mol. The molecule has 3 aliphatic rings. The minimum atomic E-state index is -0.652. The van der Waals surface area contributed by atoms with Crippen LogP contribution in [0.2, 0.25) is 0 Å². The molecule has 7 rings (SSSR count). The van der Waals surface area contributed by atoms with Crippen molar-refractivity contribution in [2.45, 2.75) is 31.7 Å². The molecule has 1 aliphatic heterocycles. The van der Waals surface area contributed by atoms with E-state index in [1.54, 1.807) is 6.20 Å². The van der Waals surface area contributed by atoms with Gasteiger partial charge in [-0.2, -0.15) is 0 Å². The van der Waals surface area contributed by atoms with Gasteiger partial charge in [-0.15, -0.1) is 0 Å². The maximum atomic E-state index is 11.9. The fourth-order valence-electron chi connectivity index (χ4n) is 7.22. The molecule has 0 amide bonds. The predicted molar refractivity (Wildman–Crippen MR) is 173 cm³/mol. The third kappa shape index (κ3) is 4.37. The number of morpholine rings is 1. The van der Waals surface area contributed by atoms with Crippen molar-refractivity contribution in [1.29, 1.82) is 0 Å². The van der Waals surface area contributed by atoms with Crippen molar-refractivity contribution in [2.75, 3.05) is 45.3 Å². The maximum absolute atomic E-state index is 11.9. The lowest BCUT2D eigenvalue weighted by atomic mass is 9.80. The van der Waals surface area contributed by atoms with Crippen LogP contribution in [0.4, 0.5) is 5.69 Å². The van der Waals surface area contributed by atoms with Gasteiger partial charge in [-0.05, 0) is 80.7 Å². The van der Waals surface area contributed by atoms with Crippen molar-refractivity contribution in [3.8, 4) is 17.2 Å². The number of anilines is 1. The molecular formula is C36H37N3O4. The summed E-state index contributed by atoms with van der Waals surface area (Å²) in [6.45, 7) is 5.60. The van der Waals surface area contributed by atoms with Gasteiger partial charge in [-0.25, -0.2) is 0 Å². The number of hydrogen-bond donors (Lipinski definition) is 3. The lowest BCUT2D eigenvalue weighted by Crippen LogP contribution is -2.36. The highest BCUT2D eigenvalue weighted by Gasteiger charge is 2.42. The standard InChI is InChI=1S/C36H37N3O4/c1-4-5-6-7-22-16-26-30(20-37-22)35(42)32-24(31(26)21-38(2)3)10-11-36(32)18-28-29(19-36)34(41)27-17-23(8-9-25(27)33(28)40)39-12-14-43-15-13-39/h4-9,16-20,40-42H,10-15,21H2,1-3H3/b5-4+,7-6+/t36-/m0/s1. The van der Waals surface area contributed by atoms with Crippen LogP contribution in [0.1, 0.15) is 35.7 Å². The molecule has 1 aromatic heterocycles. The molecule has 43 heavy (non-hydrogen) atoms. The Kier molecular flexibility index (Phi) is 6.67. The maximum Gasteiger partial charge on any atom is 0.131 e. The zero-order valence-electron chi connectivity index (χ0n) is 24.9. The van der Waals surface area contributed by atoms with Gasteiger partial charge in [0.05, 0.1) is 18.9 Å². The second-order valence-electron chi connectivity index (χ2n) is 12.1. The number of hydrogen-bond acceptors (Lipinski definition) is 7. The summed E-state index contributed by atoms with van der Waals surface area (Å²) in [5.74, 6) is 0.540. The number of benzene rings is 3. The first-order valence-electron chi connectivity index (χ1n) is 15.0. The van der Waals surface area contributed by atoms with E-state index in [9.17, 15) is 15.3 Å². The number of aromatic hydroxyl groups is 3. The summed E-state index contributed by atoms with van der Waals surface area (Å²) in [7, 11) is 4.11. The quantitative estimate of drug-likeness (QED) is 0.239. The van der Waals surface area contributed by atoms with E-state index in [0.717, 1.165) is 60.4 Å². The van der Waals surface area contributed by atoms with Crippen LogP contribution in [0.5, 0.6) is 17.2 Å². The molecule has 2 aliphatic carbocycles. The fourth-order valence-corrected chi connectivity index (χ4v) is 7.22. The molecule has 3 N–H and O–H groups in total. The van der Waals surface area contributed by atoms with Crippen LogP contribution in [-0.4, -0.2) is 65.6 Å². The Bertz CT molecular complexity index is 1970. The van der Waals surface area contributed by atoms with Crippen LogP contribution < -0.4 is 15.3 Å². The fraction of sp³-hybridized carbons (Fsp3) is 0.306. The van der Waals surface area contributed by atoms with Crippen molar-refractivity contribution in [3.63, 3.8) is 0 Å². The summed E-state index contributed by atoms with van der Waals surface area (Å²) in [4.78, 5) is 9.04. The molecule has 1 saturated heterocycles. The van der Waals surface area contributed by atoms with Crippen LogP contribution in [0.15, 0.2) is 48.7 Å². The Hall–Kier alpha value is -4.33.